The van der Waals surface area contributed by atoms with Crippen molar-refractivity contribution in [2.24, 2.45) is 0 Å². The number of hydrogen-bond acceptors (Lipinski definition) is 3. The van der Waals surface area contributed by atoms with Crippen LogP contribution in [0.25, 0.3) is 0 Å². The van der Waals surface area contributed by atoms with Gasteiger partial charge in [0, 0.05) is 19.3 Å². The summed E-state index contributed by atoms with van der Waals surface area (Å²) >= 11 is 12.0. The molecule has 0 saturated carbocycles. The van der Waals surface area contributed by atoms with Gasteiger partial charge in [0.05, 0.1) is 27.4 Å². The number of halogens is 2. The zero-order valence-corrected chi connectivity index (χ0v) is 10.8. The Hall–Kier alpha value is -0.840. The quantitative estimate of drug-likeness (QED) is 0.851. The molecule has 4 nitrogen and oxygen atoms in total. The molecule has 17 heavy (non-hydrogen) atoms. The number of aryl methyl sites for hydroxylation is 1. The highest BCUT2D eigenvalue weighted by atomic mass is 35.5. The van der Waals surface area contributed by atoms with Crippen molar-refractivity contribution in [3.63, 3.8) is 0 Å². The summed E-state index contributed by atoms with van der Waals surface area (Å²) < 4.78 is 0. The normalized spacial score (nSPS) is 19.8. The molecule has 1 amide bonds. The summed E-state index contributed by atoms with van der Waals surface area (Å²) in [6.45, 7) is 2.59. The Bertz CT molecular complexity index is 465. The van der Waals surface area contributed by atoms with Crippen LogP contribution in [0, 0.1) is 6.92 Å². The van der Waals surface area contributed by atoms with E-state index in [1.807, 2.05) is 0 Å². The predicted molar refractivity (Wildman–Crippen MR) is 65.5 cm³/mol. The van der Waals surface area contributed by atoms with E-state index in [0.29, 0.717) is 30.2 Å². The van der Waals surface area contributed by atoms with E-state index in [2.05, 4.69) is 4.98 Å². The predicted octanol–water partition coefficient (Wildman–Crippen LogP) is 1.90. The number of aliphatic hydroxyl groups is 1. The van der Waals surface area contributed by atoms with Crippen molar-refractivity contribution < 1.29 is 9.90 Å². The first kappa shape index (κ1) is 12.6. The van der Waals surface area contributed by atoms with E-state index < -0.39 is 6.10 Å². The molecule has 92 valence electrons. The number of carbonyl (C=O) groups excluding carboxylic acids is 1. The Morgan fingerprint density at radius 3 is 2.82 bits per heavy atom. The molecule has 1 saturated heterocycles. The van der Waals surface area contributed by atoms with Gasteiger partial charge in [0.1, 0.15) is 0 Å². The number of aliphatic hydroxyl groups excluding tert-OH is 1. The van der Waals surface area contributed by atoms with E-state index in [4.69, 9.17) is 23.2 Å². The van der Waals surface area contributed by atoms with E-state index >= 15 is 0 Å². The van der Waals surface area contributed by atoms with E-state index in [-0.39, 0.29) is 16.5 Å². The number of likely N-dealkylation sites (tertiary alicyclic amines) is 1. The summed E-state index contributed by atoms with van der Waals surface area (Å²) in [6.07, 6.45) is 1.57. The van der Waals surface area contributed by atoms with Crippen LogP contribution in [0.1, 0.15) is 22.5 Å². The van der Waals surface area contributed by atoms with Crippen molar-refractivity contribution in [1.29, 1.82) is 0 Å². The highest BCUT2D eigenvalue weighted by Crippen LogP contribution is 2.29. The van der Waals surface area contributed by atoms with Crippen molar-refractivity contribution in [2.75, 3.05) is 13.1 Å². The summed E-state index contributed by atoms with van der Waals surface area (Å²) in [5.41, 5.74) is 0.881. The van der Waals surface area contributed by atoms with Crippen LogP contribution in [0.4, 0.5) is 0 Å². The third-order valence-corrected chi connectivity index (χ3v) is 3.77. The molecule has 0 spiro atoms. The zero-order chi connectivity index (χ0) is 12.6. The monoisotopic (exact) mass is 274 g/mol. The summed E-state index contributed by atoms with van der Waals surface area (Å²) in [5, 5.41) is 9.93. The lowest BCUT2D eigenvalue weighted by Gasteiger charge is -2.16. The largest absolute Gasteiger partial charge is 0.391 e. The lowest BCUT2D eigenvalue weighted by atomic mass is 10.2. The molecule has 0 bridgehead atoms. The lowest BCUT2D eigenvalue weighted by Crippen LogP contribution is -2.30. The molecule has 1 atom stereocenters. The maximum absolute atomic E-state index is 12.1. The van der Waals surface area contributed by atoms with Crippen LogP contribution in [0.5, 0.6) is 0 Å². The Morgan fingerprint density at radius 1 is 1.53 bits per heavy atom. The number of pyridine rings is 1. The molecule has 2 heterocycles. The first-order chi connectivity index (χ1) is 8.00. The Labute approximate surface area is 109 Å². The van der Waals surface area contributed by atoms with E-state index in [9.17, 15) is 9.90 Å². The summed E-state index contributed by atoms with van der Waals surface area (Å²) in [5.74, 6) is -0.235. The fraction of sp³-hybridized carbons (Fsp3) is 0.455. The average molecular weight is 275 g/mol. The fourth-order valence-electron chi connectivity index (χ4n) is 1.80. The van der Waals surface area contributed by atoms with Gasteiger partial charge in [-0.25, -0.2) is 0 Å². The molecule has 6 heteroatoms. The molecule has 0 radical (unpaired) electrons. The van der Waals surface area contributed by atoms with Crippen LogP contribution in [0.15, 0.2) is 6.20 Å². The molecule has 1 N–H and O–H groups in total. The van der Waals surface area contributed by atoms with Crippen LogP contribution < -0.4 is 0 Å². The number of rotatable bonds is 1. The average Bonchev–Trinajstić information content (AvgIpc) is 2.72. The molecule has 1 aromatic heterocycles. The standard InChI is InChI=1S/C11H12Cl2N2O2/c1-6-9(12)10(13)8(4-14-6)11(17)15-3-2-7(16)5-15/h4,7,16H,2-3,5H2,1H3/t7-/m0/s1. The van der Waals surface area contributed by atoms with Crippen molar-refractivity contribution in [3.8, 4) is 0 Å². The zero-order valence-electron chi connectivity index (χ0n) is 9.28. The van der Waals surface area contributed by atoms with E-state index in [1.54, 1.807) is 11.8 Å². The number of aromatic nitrogens is 1. The van der Waals surface area contributed by atoms with Crippen molar-refractivity contribution in [2.45, 2.75) is 19.4 Å². The second kappa shape index (κ2) is 4.80. The topological polar surface area (TPSA) is 53.4 Å². The fourth-order valence-corrected chi connectivity index (χ4v) is 2.21. The van der Waals surface area contributed by atoms with Crippen LogP contribution in [0.3, 0.4) is 0 Å². The molecule has 2 rings (SSSR count). The van der Waals surface area contributed by atoms with Gasteiger partial charge in [-0.15, -0.1) is 0 Å². The van der Waals surface area contributed by atoms with Gasteiger partial charge in [-0.3, -0.25) is 9.78 Å². The first-order valence-corrected chi connectivity index (χ1v) is 6.04. The second-order valence-electron chi connectivity index (χ2n) is 4.08. The number of nitrogens with zero attached hydrogens (tertiary/aromatic N) is 2. The summed E-state index contributed by atoms with van der Waals surface area (Å²) in [4.78, 5) is 17.7. The molecule has 0 aromatic carbocycles. The number of carbonyl (C=O) groups is 1. The molecule has 0 aliphatic carbocycles. The molecular weight excluding hydrogens is 263 g/mol. The Balaban J connectivity index is 2.29. The van der Waals surface area contributed by atoms with Gasteiger partial charge in [-0.2, -0.15) is 0 Å². The van der Waals surface area contributed by atoms with Gasteiger partial charge in [-0.05, 0) is 13.3 Å². The van der Waals surface area contributed by atoms with Crippen molar-refractivity contribution in [3.05, 3.63) is 27.5 Å². The number of amides is 1. The van der Waals surface area contributed by atoms with Crippen molar-refractivity contribution >= 4 is 29.1 Å². The summed E-state index contributed by atoms with van der Waals surface area (Å²) in [6, 6.07) is 0. The molecule has 1 aliphatic heterocycles. The molecular formula is C11H12Cl2N2O2. The van der Waals surface area contributed by atoms with E-state index in [1.165, 1.54) is 6.20 Å². The maximum Gasteiger partial charge on any atom is 0.257 e. The minimum atomic E-state index is -0.452. The highest BCUT2D eigenvalue weighted by Gasteiger charge is 2.27. The molecule has 1 aliphatic rings. The Kier molecular flexibility index (Phi) is 3.56. The highest BCUT2D eigenvalue weighted by molar-refractivity contribution is 6.44. The van der Waals surface area contributed by atoms with E-state index in [0.717, 1.165) is 0 Å². The van der Waals surface area contributed by atoms with Crippen LogP contribution in [-0.2, 0) is 0 Å². The molecule has 1 fully saturated rings. The minimum Gasteiger partial charge on any atom is -0.391 e. The van der Waals surface area contributed by atoms with Gasteiger partial charge < -0.3 is 10.0 Å². The van der Waals surface area contributed by atoms with Gasteiger partial charge in [0.2, 0.25) is 0 Å². The third kappa shape index (κ3) is 2.39. The number of hydrogen-bond donors (Lipinski definition) is 1. The molecule has 0 unspecified atom stereocenters. The van der Waals surface area contributed by atoms with Crippen LogP contribution >= 0.6 is 23.2 Å². The van der Waals surface area contributed by atoms with Gasteiger partial charge in [-0.1, -0.05) is 23.2 Å². The van der Waals surface area contributed by atoms with Gasteiger partial charge in [0.15, 0.2) is 0 Å². The molecule has 1 aromatic rings. The SMILES string of the molecule is Cc1ncc(C(=O)N2CC[C@H](O)C2)c(Cl)c1Cl. The Morgan fingerprint density at radius 2 is 2.24 bits per heavy atom. The van der Waals surface area contributed by atoms with Gasteiger partial charge in [0.25, 0.3) is 5.91 Å². The van der Waals surface area contributed by atoms with Gasteiger partial charge >= 0.3 is 0 Å². The van der Waals surface area contributed by atoms with Crippen molar-refractivity contribution in [1.82, 2.24) is 9.88 Å². The summed E-state index contributed by atoms with van der Waals surface area (Å²) in [7, 11) is 0. The second-order valence-corrected chi connectivity index (χ2v) is 4.83. The van der Waals surface area contributed by atoms with Crippen LogP contribution in [-0.4, -0.2) is 40.1 Å². The lowest BCUT2D eigenvalue weighted by molar-refractivity contribution is 0.0764. The first-order valence-electron chi connectivity index (χ1n) is 5.28. The number of β-amino-alcohol motifs (C(OH)–C–C–N with tert-alkyl or cyclic N) is 1. The maximum atomic E-state index is 12.1. The third-order valence-electron chi connectivity index (χ3n) is 2.82. The van der Waals surface area contributed by atoms with Crippen LogP contribution in [0.2, 0.25) is 10.0 Å². The minimum absolute atomic E-state index is 0.227. The smallest absolute Gasteiger partial charge is 0.257 e.